The van der Waals surface area contributed by atoms with E-state index in [1.165, 1.54) is 12.1 Å². The van der Waals surface area contributed by atoms with Crippen LogP contribution in [0.1, 0.15) is 48.1 Å². The molecule has 0 bridgehead atoms. The third-order valence-corrected chi connectivity index (χ3v) is 8.89. The Kier molecular flexibility index (Phi) is 5.73. The van der Waals surface area contributed by atoms with Crippen LogP contribution in [-0.4, -0.2) is 36.5 Å². The number of ether oxygens (including phenoxy) is 1. The number of hydrogen-bond acceptors (Lipinski definition) is 5. The predicted octanol–water partition coefficient (Wildman–Crippen LogP) is 6.80. The highest BCUT2D eigenvalue weighted by Gasteiger charge is 2.71. The number of anilines is 1. The predicted molar refractivity (Wildman–Crippen MR) is 155 cm³/mol. The molecule has 41 heavy (non-hydrogen) atoms. The number of ketones is 3. The number of benzene rings is 4. The first-order valence-corrected chi connectivity index (χ1v) is 13.6. The monoisotopic (exact) mass is 563 g/mol. The summed E-state index contributed by atoms with van der Waals surface area (Å²) in [5.74, 6) is -1.60. The van der Waals surface area contributed by atoms with E-state index in [0.717, 1.165) is 0 Å². The summed E-state index contributed by atoms with van der Waals surface area (Å²) in [5, 5.41) is 0.479. The number of carbonyl (C=O) groups is 3. The van der Waals surface area contributed by atoms with Gasteiger partial charge >= 0.3 is 0 Å². The molecular weight excluding hydrogens is 541 g/mol. The Labute approximate surface area is 240 Å². The third kappa shape index (κ3) is 3.50. The fraction of sp³-hybridized carbons (Fsp3) is 0.147. The molecule has 5 nitrogen and oxygen atoms in total. The van der Waals surface area contributed by atoms with E-state index >= 15 is 0 Å². The summed E-state index contributed by atoms with van der Waals surface area (Å²) in [7, 11) is 1.56. The van der Waals surface area contributed by atoms with Crippen molar-refractivity contribution in [2.45, 2.75) is 18.0 Å². The second-order valence-corrected chi connectivity index (χ2v) is 11.0. The maximum Gasteiger partial charge on any atom is 0.185 e. The van der Waals surface area contributed by atoms with E-state index in [1.807, 2.05) is 17.0 Å². The summed E-state index contributed by atoms with van der Waals surface area (Å²) in [6.45, 7) is 0. The van der Waals surface area contributed by atoms with Gasteiger partial charge in [-0.3, -0.25) is 14.4 Å². The van der Waals surface area contributed by atoms with E-state index in [9.17, 15) is 18.8 Å². The van der Waals surface area contributed by atoms with Crippen LogP contribution in [0.3, 0.4) is 0 Å². The molecule has 1 saturated heterocycles. The van der Waals surface area contributed by atoms with Gasteiger partial charge in [0.15, 0.2) is 17.3 Å². The molecule has 2 heterocycles. The van der Waals surface area contributed by atoms with Crippen LogP contribution in [0.2, 0.25) is 5.02 Å². The molecule has 0 N–H and O–H groups in total. The van der Waals surface area contributed by atoms with Crippen molar-refractivity contribution < 1.29 is 23.5 Å². The Morgan fingerprint density at radius 1 is 0.902 bits per heavy atom. The van der Waals surface area contributed by atoms with Crippen molar-refractivity contribution in [3.8, 4) is 5.75 Å². The van der Waals surface area contributed by atoms with Crippen molar-refractivity contribution in [1.29, 1.82) is 0 Å². The normalized spacial score (nSPS) is 21.5. The Bertz CT molecular complexity index is 1740. The Morgan fingerprint density at radius 3 is 2.20 bits per heavy atom. The van der Waals surface area contributed by atoms with Crippen molar-refractivity contribution in [2.24, 2.45) is 5.41 Å². The van der Waals surface area contributed by atoms with Crippen LogP contribution in [0.25, 0.3) is 6.08 Å². The van der Waals surface area contributed by atoms with Crippen LogP contribution in [0, 0.1) is 11.2 Å². The average Bonchev–Trinajstić information content (AvgIpc) is 3.43. The highest BCUT2D eigenvalue weighted by atomic mass is 35.5. The topological polar surface area (TPSA) is 63.7 Å². The van der Waals surface area contributed by atoms with E-state index in [4.69, 9.17) is 16.3 Å². The van der Waals surface area contributed by atoms with Gasteiger partial charge in [-0.25, -0.2) is 4.39 Å². The minimum atomic E-state index is -1.63. The van der Waals surface area contributed by atoms with Crippen molar-refractivity contribution in [2.75, 3.05) is 12.0 Å². The molecular formula is C34H23ClFNO4. The Hall–Kier alpha value is -4.55. The number of fused-ring (bicyclic) bond motifs is 5. The zero-order chi connectivity index (χ0) is 28.5. The van der Waals surface area contributed by atoms with Crippen LogP contribution < -0.4 is 9.64 Å². The molecule has 4 aromatic carbocycles. The molecule has 0 aromatic heterocycles. The molecule has 2 aliphatic heterocycles. The minimum absolute atomic E-state index is 0.272. The Balaban J connectivity index is 1.54. The minimum Gasteiger partial charge on any atom is -0.497 e. The van der Waals surface area contributed by atoms with Gasteiger partial charge in [0.2, 0.25) is 0 Å². The molecule has 202 valence electrons. The van der Waals surface area contributed by atoms with E-state index in [0.29, 0.717) is 44.3 Å². The fourth-order valence-electron chi connectivity index (χ4n) is 6.92. The lowest BCUT2D eigenvalue weighted by molar-refractivity contribution is 0.0666. The molecule has 1 aliphatic carbocycles. The zero-order valence-corrected chi connectivity index (χ0v) is 22.6. The molecule has 4 aromatic rings. The Morgan fingerprint density at radius 2 is 1.56 bits per heavy atom. The largest absolute Gasteiger partial charge is 0.497 e. The lowest BCUT2D eigenvalue weighted by Gasteiger charge is -2.37. The first-order chi connectivity index (χ1) is 19.9. The molecule has 7 rings (SSSR count). The lowest BCUT2D eigenvalue weighted by Crippen LogP contribution is -2.48. The quantitative estimate of drug-likeness (QED) is 0.202. The van der Waals surface area contributed by atoms with Crippen molar-refractivity contribution in [3.05, 3.63) is 136 Å². The molecule has 0 saturated carbocycles. The highest BCUT2D eigenvalue weighted by Crippen LogP contribution is 2.61. The van der Waals surface area contributed by atoms with Gasteiger partial charge in [0.25, 0.3) is 0 Å². The van der Waals surface area contributed by atoms with Gasteiger partial charge in [0.05, 0.1) is 13.2 Å². The van der Waals surface area contributed by atoms with Crippen molar-refractivity contribution in [1.82, 2.24) is 0 Å². The molecule has 1 fully saturated rings. The molecule has 3 aliphatic rings. The molecule has 0 radical (unpaired) electrons. The number of Topliss-reactive ketones (excluding diaryl/α,β-unsaturated/α-hetero) is 3. The molecule has 3 atom stereocenters. The fourth-order valence-corrected chi connectivity index (χ4v) is 7.04. The SMILES string of the molecule is COc1ccc([C@@H]2[C@H](C(=O)c3ccc(Cl)cc3)N3c4ccc(F)cc4C=C[C@@H]3C23C(=O)c2ccccc2C3=O)cc1. The first kappa shape index (κ1) is 25.4. The van der Waals surface area contributed by atoms with Crippen LogP contribution in [0.5, 0.6) is 5.75 Å². The van der Waals surface area contributed by atoms with Gasteiger partial charge in [-0.2, -0.15) is 0 Å². The number of halogens is 2. The van der Waals surface area contributed by atoms with E-state index in [-0.39, 0.29) is 17.3 Å². The number of hydrogen-bond donors (Lipinski definition) is 0. The highest BCUT2D eigenvalue weighted by molar-refractivity contribution is 6.32. The van der Waals surface area contributed by atoms with Crippen LogP contribution in [0.15, 0.2) is 97.1 Å². The van der Waals surface area contributed by atoms with E-state index in [2.05, 4.69) is 0 Å². The van der Waals surface area contributed by atoms with Crippen molar-refractivity contribution >= 4 is 40.7 Å². The van der Waals surface area contributed by atoms with Crippen LogP contribution >= 0.6 is 11.6 Å². The van der Waals surface area contributed by atoms with Crippen LogP contribution in [-0.2, 0) is 0 Å². The average molecular weight is 564 g/mol. The summed E-state index contributed by atoms with van der Waals surface area (Å²) in [5.41, 5.74) is 1.24. The summed E-state index contributed by atoms with van der Waals surface area (Å²) in [6.07, 6.45) is 3.51. The maximum atomic E-state index is 14.6. The number of rotatable bonds is 4. The van der Waals surface area contributed by atoms with Crippen LogP contribution in [0.4, 0.5) is 10.1 Å². The number of methoxy groups -OCH3 is 1. The van der Waals surface area contributed by atoms with Gasteiger partial charge in [-0.15, -0.1) is 0 Å². The molecule has 1 spiro atoms. The smallest absolute Gasteiger partial charge is 0.185 e. The lowest BCUT2D eigenvalue weighted by atomic mass is 9.64. The van der Waals surface area contributed by atoms with Gasteiger partial charge in [-0.1, -0.05) is 60.2 Å². The zero-order valence-electron chi connectivity index (χ0n) is 21.9. The summed E-state index contributed by atoms with van der Waals surface area (Å²) < 4.78 is 19.7. The second kappa shape index (κ2) is 9.25. The van der Waals surface area contributed by atoms with E-state index in [1.54, 1.807) is 86.0 Å². The maximum absolute atomic E-state index is 14.6. The van der Waals surface area contributed by atoms with E-state index < -0.39 is 29.2 Å². The number of nitrogens with zero attached hydrogens (tertiary/aromatic N) is 1. The summed E-state index contributed by atoms with van der Waals surface area (Å²) in [6, 6.07) is 23.1. The van der Waals surface area contributed by atoms with Gasteiger partial charge in [0.1, 0.15) is 23.0 Å². The standard InChI is InChI=1S/C34H23ClFNO4/c1-41-24-14-8-19(9-15-24)29-30(31(38)20-6-11-22(35)12-7-20)37-27-16-13-23(36)18-21(27)10-17-28(37)34(29)32(39)25-4-2-3-5-26(25)33(34)40/h2-18,28-30H,1H3/t28-,29-,30-/m1/s1. The first-order valence-electron chi connectivity index (χ1n) is 13.2. The van der Waals surface area contributed by atoms with Gasteiger partial charge in [-0.05, 0) is 60.2 Å². The number of carbonyl (C=O) groups excluding carboxylic acids is 3. The second-order valence-electron chi connectivity index (χ2n) is 10.6. The van der Waals surface area contributed by atoms with Gasteiger partial charge < -0.3 is 9.64 Å². The summed E-state index contributed by atoms with van der Waals surface area (Å²) >= 11 is 6.14. The third-order valence-electron chi connectivity index (χ3n) is 8.64. The van der Waals surface area contributed by atoms with Gasteiger partial charge in [0, 0.05) is 38.9 Å². The summed E-state index contributed by atoms with van der Waals surface area (Å²) in [4.78, 5) is 45.7. The van der Waals surface area contributed by atoms with Crippen molar-refractivity contribution in [3.63, 3.8) is 0 Å². The molecule has 7 heteroatoms. The molecule has 0 amide bonds. The molecule has 0 unspecified atom stereocenters.